The number of aromatic nitrogens is 1. The molecule has 3 aromatic rings. The van der Waals surface area contributed by atoms with E-state index in [4.69, 9.17) is 0 Å². The lowest BCUT2D eigenvalue weighted by Gasteiger charge is -2.20. The molecule has 1 amide bonds. The van der Waals surface area contributed by atoms with Crippen molar-refractivity contribution in [1.82, 2.24) is 4.98 Å². The smallest absolute Gasteiger partial charge is 0.227 e. The number of amides is 1. The largest absolute Gasteiger partial charge is 0.332 e. The molecule has 4 rings (SSSR count). The molecule has 2 N–H and O–H groups in total. The number of thiazole rings is 1. The lowest BCUT2D eigenvalue weighted by Crippen LogP contribution is -2.24. The van der Waals surface area contributed by atoms with Crippen molar-refractivity contribution < 1.29 is 9.18 Å². The molecule has 28 heavy (non-hydrogen) atoms. The van der Waals surface area contributed by atoms with E-state index in [0.29, 0.717) is 0 Å². The Hall–Kier alpha value is -2.73. The molecule has 1 heterocycles. The number of carbonyl (C=O) groups is 1. The molecule has 2 aromatic carbocycles. The molecule has 0 saturated heterocycles. The van der Waals surface area contributed by atoms with Gasteiger partial charge in [-0.1, -0.05) is 31.4 Å². The standard InChI is InChI=1S/C22H22FN3OS/c23-17-8-12-19(13-9-17)25-22-26-20(14-28-22)15-6-10-18(11-7-15)24-21(27)16-4-2-1-3-5-16/h6-14,16H,1-5H2,(H,24,27)(H,25,26). The van der Waals surface area contributed by atoms with E-state index < -0.39 is 0 Å². The van der Waals surface area contributed by atoms with Gasteiger partial charge in [-0.3, -0.25) is 4.79 Å². The number of hydrogen-bond donors (Lipinski definition) is 2. The Morgan fingerprint density at radius 2 is 1.64 bits per heavy atom. The third kappa shape index (κ3) is 4.57. The molecule has 0 atom stereocenters. The maximum atomic E-state index is 13.0. The molecule has 1 aliphatic carbocycles. The van der Waals surface area contributed by atoms with Crippen LogP contribution >= 0.6 is 11.3 Å². The van der Waals surface area contributed by atoms with Crippen LogP contribution in [-0.4, -0.2) is 10.9 Å². The molecule has 4 nitrogen and oxygen atoms in total. The minimum atomic E-state index is -0.263. The molecule has 144 valence electrons. The summed E-state index contributed by atoms with van der Waals surface area (Å²) >= 11 is 1.49. The molecule has 0 radical (unpaired) electrons. The quantitative estimate of drug-likeness (QED) is 0.540. The highest BCUT2D eigenvalue weighted by atomic mass is 32.1. The van der Waals surface area contributed by atoms with Crippen molar-refractivity contribution in [3.63, 3.8) is 0 Å². The predicted molar refractivity (Wildman–Crippen MR) is 112 cm³/mol. The molecule has 0 bridgehead atoms. The van der Waals surface area contributed by atoms with E-state index >= 15 is 0 Å². The van der Waals surface area contributed by atoms with Crippen LogP contribution < -0.4 is 10.6 Å². The van der Waals surface area contributed by atoms with Crippen molar-refractivity contribution in [2.24, 2.45) is 5.92 Å². The third-order valence-electron chi connectivity index (χ3n) is 5.02. The number of anilines is 3. The molecule has 0 spiro atoms. The number of halogens is 1. The van der Waals surface area contributed by atoms with E-state index in [9.17, 15) is 9.18 Å². The first kappa shape index (κ1) is 18.6. The summed E-state index contributed by atoms with van der Waals surface area (Å²) in [7, 11) is 0. The Bertz CT molecular complexity index is 931. The maximum Gasteiger partial charge on any atom is 0.227 e. The first-order chi connectivity index (χ1) is 13.7. The molecular weight excluding hydrogens is 373 g/mol. The Kier molecular flexibility index (Phi) is 5.67. The Labute approximate surface area is 167 Å². The van der Waals surface area contributed by atoms with Crippen molar-refractivity contribution in [2.75, 3.05) is 10.6 Å². The lowest BCUT2D eigenvalue weighted by molar-refractivity contribution is -0.120. The number of nitrogens with one attached hydrogen (secondary N) is 2. The van der Waals surface area contributed by atoms with E-state index in [-0.39, 0.29) is 17.6 Å². The average molecular weight is 396 g/mol. The van der Waals surface area contributed by atoms with Gasteiger partial charge in [0, 0.05) is 28.2 Å². The number of hydrogen-bond acceptors (Lipinski definition) is 4. The van der Waals surface area contributed by atoms with Gasteiger partial charge in [0.05, 0.1) is 5.69 Å². The third-order valence-corrected chi connectivity index (χ3v) is 5.78. The minimum absolute atomic E-state index is 0.131. The number of nitrogens with zero attached hydrogens (tertiary/aromatic N) is 1. The first-order valence-corrected chi connectivity index (χ1v) is 10.4. The van der Waals surface area contributed by atoms with E-state index in [2.05, 4.69) is 15.6 Å². The zero-order chi connectivity index (χ0) is 19.3. The molecule has 6 heteroatoms. The van der Waals surface area contributed by atoms with Gasteiger partial charge < -0.3 is 10.6 Å². The van der Waals surface area contributed by atoms with Crippen molar-refractivity contribution in [2.45, 2.75) is 32.1 Å². The zero-order valence-electron chi connectivity index (χ0n) is 15.5. The summed E-state index contributed by atoms with van der Waals surface area (Å²) in [5.41, 5.74) is 3.46. The van der Waals surface area contributed by atoms with Crippen LogP contribution in [-0.2, 0) is 4.79 Å². The summed E-state index contributed by atoms with van der Waals surface area (Å²) in [4.78, 5) is 17.0. The van der Waals surface area contributed by atoms with Crippen LogP contribution in [0.2, 0.25) is 0 Å². The number of carbonyl (C=O) groups excluding carboxylic acids is 1. The molecule has 0 aliphatic heterocycles. The van der Waals surface area contributed by atoms with Gasteiger partial charge in [0.2, 0.25) is 5.91 Å². The summed E-state index contributed by atoms with van der Waals surface area (Å²) in [6.45, 7) is 0. The maximum absolute atomic E-state index is 13.0. The lowest BCUT2D eigenvalue weighted by atomic mass is 9.88. The van der Waals surface area contributed by atoms with Gasteiger partial charge in [-0.05, 0) is 49.2 Å². The highest BCUT2D eigenvalue weighted by Crippen LogP contribution is 2.29. The Morgan fingerprint density at radius 3 is 2.36 bits per heavy atom. The molecule has 0 unspecified atom stereocenters. The van der Waals surface area contributed by atoms with Crippen LogP contribution in [0.5, 0.6) is 0 Å². The number of rotatable bonds is 5. The van der Waals surface area contributed by atoms with Crippen LogP contribution in [0.3, 0.4) is 0 Å². The van der Waals surface area contributed by atoms with Gasteiger partial charge in [0.25, 0.3) is 0 Å². The minimum Gasteiger partial charge on any atom is -0.332 e. The Balaban J connectivity index is 1.39. The predicted octanol–water partition coefficient (Wildman–Crippen LogP) is 6.21. The fourth-order valence-electron chi connectivity index (χ4n) is 3.45. The van der Waals surface area contributed by atoms with Crippen LogP contribution in [0, 0.1) is 11.7 Å². The van der Waals surface area contributed by atoms with Gasteiger partial charge in [0.15, 0.2) is 5.13 Å². The monoisotopic (exact) mass is 395 g/mol. The molecule has 1 aromatic heterocycles. The van der Waals surface area contributed by atoms with E-state index in [1.54, 1.807) is 12.1 Å². The molecule has 1 aliphatic rings. The highest BCUT2D eigenvalue weighted by Gasteiger charge is 2.21. The normalized spacial score (nSPS) is 14.6. The second-order valence-electron chi connectivity index (χ2n) is 7.07. The first-order valence-electron chi connectivity index (χ1n) is 9.57. The topological polar surface area (TPSA) is 54.0 Å². The van der Waals surface area contributed by atoms with Crippen LogP contribution in [0.25, 0.3) is 11.3 Å². The van der Waals surface area contributed by atoms with Crippen molar-refractivity contribution in [1.29, 1.82) is 0 Å². The molecular formula is C22H22FN3OS. The van der Waals surface area contributed by atoms with Gasteiger partial charge in [-0.25, -0.2) is 9.37 Å². The second-order valence-corrected chi connectivity index (χ2v) is 7.93. The average Bonchev–Trinajstić information content (AvgIpc) is 3.19. The van der Waals surface area contributed by atoms with E-state index in [0.717, 1.165) is 53.4 Å². The summed E-state index contributed by atoms with van der Waals surface area (Å²) in [6, 6.07) is 14.0. The van der Waals surface area contributed by atoms with Crippen molar-refractivity contribution in [3.8, 4) is 11.3 Å². The summed E-state index contributed by atoms with van der Waals surface area (Å²) < 4.78 is 13.0. The fourth-order valence-corrected chi connectivity index (χ4v) is 4.19. The second kappa shape index (κ2) is 8.52. The van der Waals surface area contributed by atoms with Gasteiger partial charge in [0.1, 0.15) is 5.82 Å². The van der Waals surface area contributed by atoms with Gasteiger partial charge >= 0.3 is 0 Å². The SMILES string of the molecule is O=C(Nc1ccc(-c2csc(Nc3ccc(F)cc3)n2)cc1)C1CCCCC1. The summed E-state index contributed by atoms with van der Waals surface area (Å²) in [5.74, 6) is 0.0139. The summed E-state index contributed by atoms with van der Waals surface area (Å²) in [6.07, 6.45) is 5.52. The van der Waals surface area contributed by atoms with E-state index in [1.165, 1.54) is 29.9 Å². The van der Waals surface area contributed by atoms with Gasteiger partial charge in [-0.2, -0.15) is 0 Å². The Morgan fingerprint density at radius 1 is 0.964 bits per heavy atom. The van der Waals surface area contributed by atoms with Crippen molar-refractivity contribution in [3.05, 3.63) is 59.7 Å². The van der Waals surface area contributed by atoms with E-state index in [1.807, 2.05) is 29.6 Å². The van der Waals surface area contributed by atoms with Crippen LogP contribution in [0.15, 0.2) is 53.9 Å². The van der Waals surface area contributed by atoms with Gasteiger partial charge in [-0.15, -0.1) is 11.3 Å². The summed E-state index contributed by atoms with van der Waals surface area (Å²) in [5, 5.41) is 8.93. The van der Waals surface area contributed by atoms with Crippen LogP contribution in [0.4, 0.5) is 20.9 Å². The zero-order valence-corrected chi connectivity index (χ0v) is 16.3. The number of benzene rings is 2. The molecule has 1 fully saturated rings. The van der Waals surface area contributed by atoms with Crippen molar-refractivity contribution >= 4 is 33.8 Å². The highest BCUT2D eigenvalue weighted by molar-refractivity contribution is 7.14. The van der Waals surface area contributed by atoms with Crippen LogP contribution in [0.1, 0.15) is 32.1 Å². The fraction of sp³-hybridized carbons (Fsp3) is 0.273. The molecule has 1 saturated carbocycles.